The Morgan fingerprint density at radius 1 is 0.882 bits per heavy atom. The van der Waals surface area contributed by atoms with Crippen LogP contribution < -0.4 is 0 Å². The number of halogens is 1. The van der Waals surface area contributed by atoms with Gasteiger partial charge in [0.1, 0.15) is 5.82 Å². The van der Waals surface area contributed by atoms with Crippen LogP contribution in [0.1, 0.15) is 30.7 Å². The van der Waals surface area contributed by atoms with Crippen molar-refractivity contribution in [1.82, 2.24) is 0 Å². The first-order valence-corrected chi connectivity index (χ1v) is 6.19. The van der Waals surface area contributed by atoms with E-state index in [1.807, 2.05) is 6.07 Å². The van der Waals surface area contributed by atoms with Crippen molar-refractivity contribution in [3.05, 3.63) is 59.9 Å². The van der Waals surface area contributed by atoms with Gasteiger partial charge in [-0.2, -0.15) is 0 Å². The van der Waals surface area contributed by atoms with Crippen LogP contribution in [0, 0.1) is 5.82 Å². The summed E-state index contributed by atoms with van der Waals surface area (Å²) in [6.45, 7) is 0. The molecule has 86 valence electrons. The highest BCUT2D eigenvalue weighted by Crippen LogP contribution is 2.36. The standard InChI is InChI=1S/C16H15F/c17-16-6-2-5-15(11-16)14-9-7-13(8-10-14)12-3-1-4-12/h2,5-12H,1,3-4H2. The Morgan fingerprint density at radius 3 is 2.24 bits per heavy atom. The molecule has 2 aromatic rings. The number of rotatable bonds is 2. The van der Waals surface area contributed by atoms with Crippen molar-refractivity contribution in [3.8, 4) is 11.1 Å². The predicted octanol–water partition coefficient (Wildman–Crippen LogP) is 4.76. The summed E-state index contributed by atoms with van der Waals surface area (Å²) in [6.07, 6.45) is 3.99. The van der Waals surface area contributed by atoms with Crippen molar-refractivity contribution >= 4 is 0 Å². The van der Waals surface area contributed by atoms with Gasteiger partial charge < -0.3 is 0 Å². The molecule has 0 atom stereocenters. The molecule has 0 heterocycles. The van der Waals surface area contributed by atoms with Crippen LogP contribution >= 0.6 is 0 Å². The molecule has 1 fully saturated rings. The van der Waals surface area contributed by atoms with Gasteiger partial charge in [-0.25, -0.2) is 4.39 Å². The van der Waals surface area contributed by atoms with Crippen molar-refractivity contribution in [2.75, 3.05) is 0 Å². The Labute approximate surface area is 101 Å². The van der Waals surface area contributed by atoms with E-state index in [9.17, 15) is 4.39 Å². The summed E-state index contributed by atoms with van der Waals surface area (Å²) < 4.78 is 13.1. The minimum atomic E-state index is -0.175. The quantitative estimate of drug-likeness (QED) is 0.692. The first kappa shape index (κ1) is 10.5. The molecule has 0 spiro atoms. The fourth-order valence-electron chi connectivity index (χ4n) is 2.36. The molecule has 0 bridgehead atoms. The normalized spacial score (nSPS) is 15.6. The molecule has 0 aliphatic heterocycles. The summed E-state index contributed by atoms with van der Waals surface area (Å²) in [7, 11) is 0. The third-order valence-corrected chi connectivity index (χ3v) is 3.65. The van der Waals surface area contributed by atoms with E-state index in [4.69, 9.17) is 0 Å². The average Bonchev–Trinajstić information content (AvgIpc) is 2.28. The molecular formula is C16H15F. The van der Waals surface area contributed by atoms with Crippen LogP contribution in [0.5, 0.6) is 0 Å². The van der Waals surface area contributed by atoms with Crippen LogP contribution in [0.4, 0.5) is 4.39 Å². The second-order valence-electron chi connectivity index (χ2n) is 4.76. The second-order valence-corrected chi connectivity index (χ2v) is 4.76. The van der Waals surface area contributed by atoms with E-state index in [1.54, 1.807) is 12.1 Å². The molecule has 2 aromatic carbocycles. The van der Waals surface area contributed by atoms with Gasteiger partial charge in [-0.15, -0.1) is 0 Å². The summed E-state index contributed by atoms with van der Waals surface area (Å²) >= 11 is 0. The maximum absolute atomic E-state index is 13.1. The fraction of sp³-hybridized carbons (Fsp3) is 0.250. The van der Waals surface area contributed by atoms with Crippen molar-refractivity contribution in [2.24, 2.45) is 0 Å². The summed E-state index contributed by atoms with van der Waals surface area (Å²) in [6, 6.07) is 15.3. The molecular weight excluding hydrogens is 211 g/mol. The van der Waals surface area contributed by atoms with E-state index in [1.165, 1.54) is 30.9 Å². The highest BCUT2D eigenvalue weighted by molar-refractivity contribution is 5.63. The van der Waals surface area contributed by atoms with Gasteiger partial charge in [-0.3, -0.25) is 0 Å². The molecule has 1 aliphatic carbocycles. The van der Waals surface area contributed by atoms with Crippen LogP contribution in [0.2, 0.25) is 0 Å². The Hall–Kier alpha value is -1.63. The molecule has 0 unspecified atom stereocenters. The minimum Gasteiger partial charge on any atom is -0.207 e. The first-order chi connectivity index (χ1) is 8.33. The smallest absolute Gasteiger partial charge is 0.123 e. The topological polar surface area (TPSA) is 0 Å². The highest BCUT2D eigenvalue weighted by Gasteiger charge is 2.18. The Kier molecular flexibility index (Phi) is 2.68. The average molecular weight is 226 g/mol. The van der Waals surface area contributed by atoms with Crippen molar-refractivity contribution < 1.29 is 4.39 Å². The molecule has 0 nitrogen and oxygen atoms in total. The van der Waals surface area contributed by atoms with Gasteiger partial charge in [0.15, 0.2) is 0 Å². The molecule has 1 saturated carbocycles. The van der Waals surface area contributed by atoms with Crippen LogP contribution in [0.3, 0.4) is 0 Å². The molecule has 3 rings (SSSR count). The molecule has 0 amide bonds. The molecule has 0 radical (unpaired) electrons. The van der Waals surface area contributed by atoms with E-state index in [0.717, 1.165) is 17.0 Å². The van der Waals surface area contributed by atoms with Crippen molar-refractivity contribution in [3.63, 3.8) is 0 Å². The van der Waals surface area contributed by atoms with Gasteiger partial charge in [-0.1, -0.05) is 42.8 Å². The molecule has 0 saturated heterocycles. The Bertz CT molecular complexity index is 509. The molecule has 1 aliphatic rings. The van der Waals surface area contributed by atoms with E-state index in [-0.39, 0.29) is 5.82 Å². The SMILES string of the molecule is Fc1cccc(-c2ccc(C3CCC3)cc2)c1. The van der Waals surface area contributed by atoms with Gasteiger partial charge in [0.2, 0.25) is 0 Å². The minimum absolute atomic E-state index is 0.175. The molecule has 0 N–H and O–H groups in total. The zero-order valence-corrected chi connectivity index (χ0v) is 9.70. The van der Waals surface area contributed by atoms with Gasteiger partial charge in [0.25, 0.3) is 0 Å². The van der Waals surface area contributed by atoms with Crippen LogP contribution in [-0.4, -0.2) is 0 Å². The lowest BCUT2D eigenvalue weighted by molar-refractivity contribution is 0.420. The van der Waals surface area contributed by atoms with Gasteiger partial charge in [0.05, 0.1) is 0 Å². The van der Waals surface area contributed by atoms with Gasteiger partial charge >= 0.3 is 0 Å². The highest BCUT2D eigenvalue weighted by atomic mass is 19.1. The summed E-state index contributed by atoms with van der Waals surface area (Å²) in [5.74, 6) is 0.585. The van der Waals surface area contributed by atoms with Crippen molar-refractivity contribution in [2.45, 2.75) is 25.2 Å². The van der Waals surface area contributed by atoms with Gasteiger partial charge in [-0.05, 0) is 47.6 Å². The third kappa shape index (κ3) is 2.10. The fourth-order valence-corrected chi connectivity index (χ4v) is 2.36. The summed E-state index contributed by atoms with van der Waals surface area (Å²) in [5.41, 5.74) is 3.47. The van der Waals surface area contributed by atoms with E-state index in [0.29, 0.717) is 0 Å². The van der Waals surface area contributed by atoms with E-state index in [2.05, 4.69) is 24.3 Å². The summed E-state index contributed by atoms with van der Waals surface area (Å²) in [5, 5.41) is 0. The summed E-state index contributed by atoms with van der Waals surface area (Å²) in [4.78, 5) is 0. The number of hydrogen-bond acceptors (Lipinski definition) is 0. The molecule has 1 heteroatoms. The number of benzene rings is 2. The lowest BCUT2D eigenvalue weighted by atomic mass is 9.80. The third-order valence-electron chi connectivity index (χ3n) is 3.65. The van der Waals surface area contributed by atoms with Gasteiger partial charge in [0, 0.05) is 0 Å². The van der Waals surface area contributed by atoms with Crippen LogP contribution in [-0.2, 0) is 0 Å². The largest absolute Gasteiger partial charge is 0.207 e. The lowest BCUT2D eigenvalue weighted by Gasteiger charge is -2.25. The predicted molar refractivity (Wildman–Crippen MR) is 68.4 cm³/mol. The van der Waals surface area contributed by atoms with E-state index >= 15 is 0 Å². The van der Waals surface area contributed by atoms with Crippen LogP contribution in [0.15, 0.2) is 48.5 Å². The zero-order valence-electron chi connectivity index (χ0n) is 9.70. The number of hydrogen-bond donors (Lipinski definition) is 0. The van der Waals surface area contributed by atoms with Crippen LogP contribution in [0.25, 0.3) is 11.1 Å². The Balaban J connectivity index is 1.88. The molecule has 0 aromatic heterocycles. The molecule has 17 heavy (non-hydrogen) atoms. The second kappa shape index (κ2) is 4.33. The maximum atomic E-state index is 13.1. The monoisotopic (exact) mass is 226 g/mol. The van der Waals surface area contributed by atoms with Crippen molar-refractivity contribution in [1.29, 1.82) is 0 Å². The zero-order chi connectivity index (χ0) is 11.7. The van der Waals surface area contributed by atoms with E-state index < -0.39 is 0 Å². The maximum Gasteiger partial charge on any atom is 0.123 e. The lowest BCUT2D eigenvalue weighted by Crippen LogP contribution is -2.08. The first-order valence-electron chi connectivity index (χ1n) is 6.19. The Morgan fingerprint density at radius 2 is 1.65 bits per heavy atom.